The molecule has 23 nitrogen and oxygen atoms in total. The maximum Gasteiger partial charge on any atom is 0.243 e. The Morgan fingerprint density at radius 1 is 0.596 bits per heavy atom. The van der Waals surface area contributed by atoms with Crippen molar-refractivity contribution in [2.45, 2.75) is 138 Å². The normalized spacial score (nSPS) is 14.1. The monoisotopic (exact) mass is 1420 g/mol. The molecule has 7 N–H and O–H groups in total. The average molecular weight is 1420 g/mol. The maximum absolute atomic E-state index is 14.0. The molecule has 4 heterocycles. The van der Waals surface area contributed by atoms with Gasteiger partial charge in [-0.25, -0.2) is 9.97 Å². The van der Waals surface area contributed by atoms with Gasteiger partial charge in [0.15, 0.2) is 0 Å². The van der Waals surface area contributed by atoms with Gasteiger partial charge in [-0.15, -0.1) is 0 Å². The zero-order chi connectivity index (χ0) is 74.7. The number of aromatic nitrogens is 4. The van der Waals surface area contributed by atoms with E-state index in [1.54, 1.807) is 0 Å². The summed E-state index contributed by atoms with van der Waals surface area (Å²) in [5.41, 5.74) is 19.5. The van der Waals surface area contributed by atoms with E-state index in [9.17, 15) is 24.0 Å². The highest BCUT2D eigenvalue weighted by molar-refractivity contribution is 6.04. The minimum Gasteiger partial charge on any atom is -0.494 e. The number of primary amides is 1. The fourth-order valence-corrected chi connectivity index (χ4v) is 13.3. The molecule has 2 aromatic heterocycles. The number of hydrogen-bond acceptors (Lipinski definition) is 16. The van der Waals surface area contributed by atoms with Gasteiger partial charge in [0.05, 0.1) is 67.1 Å². The van der Waals surface area contributed by atoms with Crippen LogP contribution in [0.4, 0.5) is 17.1 Å². The number of ether oxygens (including phenoxy) is 2. The third kappa shape index (κ3) is 22.2. The van der Waals surface area contributed by atoms with E-state index in [2.05, 4.69) is 170 Å². The van der Waals surface area contributed by atoms with Crippen LogP contribution in [0.3, 0.4) is 0 Å². The Hall–Kier alpha value is -9.19. The molecule has 0 aliphatic carbocycles. The Kier molecular flexibility index (Phi) is 28.1. The Morgan fingerprint density at radius 2 is 1.16 bits per heavy atom. The predicted octanol–water partition coefficient (Wildman–Crippen LogP) is 11.0. The smallest absolute Gasteiger partial charge is 0.243 e. The number of imidazole rings is 2. The highest BCUT2D eigenvalue weighted by atomic mass is 16.5. The van der Waals surface area contributed by atoms with Gasteiger partial charge < -0.3 is 75.5 Å². The van der Waals surface area contributed by atoms with E-state index in [4.69, 9.17) is 35.6 Å². The molecule has 5 amide bonds. The van der Waals surface area contributed by atoms with Crippen molar-refractivity contribution in [3.8, 4) is 34.3 Å². The number of aliphatic imine (C=N–C) groups is 1. The number of anilines is 2. The van der Waals surface area contributed by atoms with Crippen LogP contribution in [-0.4, -0.2) is 224 Å². The van der Waals surface area contributed by atoms with Crippen molar-refractivity contribution >= 4 is 80.1 Å². The first kappa shape index (κ1) is 78.9. The van der Waals surface area contributed by atoms with Crippen LogP contribution in [0.5, 0.6) is 11.5 Å². The van der Waals surface area contributed by atoms with Gasteiger partial charge >= 0.3 is 0 Å². The zero-order valence-electron chi connectivity index (χ0n) is 63.9. The molecule has 2 fully saturated rings. The standard InChI is InChI=1S/C81H114N16O7/c1-13-20-67(86-66-29-26-61(45-56(66)4)93-39-35-91(11)36-40-93)57-25-28-68-70(49-57)89-78(87-68)58-21-16-22-63(46-58)103-43-18-24-74(100)95(33-14-2)54-75(101)96(34-15-3)55-76(102)97(53-72(83)98)52-60(82)51-84-31-19-32-85-73(99)23-17-44-104-77-64(80(5,6)7)47-59(48-65(77)81(8,9)10)79-88-69-30-27-62(50-71(69)90-79)94-41-37-92(12)38-42-94/h16,21-22,25-30,45-50,82,84H,13-15,17-20,23-24,31-44,51-55H2,1-12H3,(H2,83,98)(H,85,99)(H,87,89)(H,88,90). The number of amides is 5. The number of piperazine rings is 2. The first-order valence-corrected chi connectivity index (χ1v) is 37.5. The minimum absolute atomic E-state index is 0.0854. The van der Waals surface area contributed by atoms with E-state index in [1.807, 2.05) is 44.2 Å². The van der Waals surface area contributed by atoms with Crippen LogP contribution in [0, 0.1) is 12.3 Å². The molecule has 0 radical (unpaired) electrons. The lowest BCUT2D eigenvalue weighted by Gasteiger charge is -2.34. The summed E-state index contributed by atoms with van der Waals surface area (Å²) >= 11 is 0. The second-order valence-electron chi connectivity index (χ2n) is 30.1. The van der Waals surface area contributed by atoms with Gasteiger partial charge in [-0.3, -0.25) is 29.0 Å². The lowest BCUT2D eigenvalue weighted by atomic mass is 9.78. The summed E-state index contributed by atoms with van der Waals surface area (Å²) in [5.74, 6) is 1.00. The van der Waals surface area contributed by atoms with Crippen molar-refractivity contribution in [2.75, 3.05) is 148 Å². The number of fused-ring (bicyclic) bond motifs is 2. The van der Waals surface area contributed by atoms with E-state index in [0.717, 1.165) is 144 Å². The third-order valence-corrected chi connectivity index (χ3v) is 19.2. The summed E-state index contributed by atoms with van der Waals surface area (Å²) < 4.78 is 12.8. The molecule has 104 heavy (non-hydrogen) atoms. The molecule has 0 atom stereocenters. The molecule has 0 unspecified atom stereocenters. The number of nitrogens with two attached hydrogens (primary N) is 1. The Morgan fingerprint density at radius 3 is 1.77 bits per heavy atom. The molecule has 0 saturated carbocycles. The molecular formula is C81H114N16O7. The van der Waals surface area contributed by atoms with Gasteiger partial charge in [0.25, 0.3) is 0 Å². The number of likely N-dealkylation sites (N-methyl/N-ethyl adjacent to an activating group) is 2. The van der Waals surface area contributed by atoms with Crippen LogP contribution in [0.1, 0.15) is 142 Å². The van der Waals surface area contributed by atoms with Gasteiger partial charge in [0.2, 0.25) is 29.5 Å². The number of nitrogens with one attached hydrogen (secondary N) is 5. The van der Waals surface area contributed by atoms with Gasteiger partial charge in [-0.05, 0) is 161 Å². The van der Waals surface area contributed by atoms with E-state index < -0.39 is 24.3 Å². The summed E-state index contributed by atoms with van der Waals surface area (Å²) in [5, 5.41) is 14.9. The molecule has 5 aromatic carbocycles. The van der Waals surface area contributed by atoms with Crippen molar-refractivity contribution in [3.63, 3.8) is 0 Å². The highest BCUT2D eigenvalue weighted by Crippen LogP contribution is 2.43. The first-order chi connectivity index (χ1) is 49.8. The number of rotatable bonds is 36. The fraction of sp³-hybridized carbons (Fsp3) is 0.519. The number of carbonyl (C=O) groups is 5. The molecule has 23 heteroatoms. The number of benzene rings is 5. The van der Waals surface area contributed by atoms with Gasteiger partial charge in [-0.2, -0.15) is 0 Å². The molecular weight excluding hydrogens is 1310 g/mol. The van der Waals surface area contributed by atoms with E-state index in [1.165, 1.54) is 26.1 Å². The molecule has 2 aliphatic heterocycles. The summed E-state index contributed by atoms with van der Waals surface area (Å²) in [6.07, 6.45) is 4.89. The quantitative estimate of drug-likeness (QED) is 0.0158. The molecule has 9 rings (SSSR count). The number of nitrogens with zero attached hydrogens (tertiary/aromatic N) is 10. The van der Waals surface area contributed by atoms with Gasteiger partial charge in [0, 0.05) is 136 Å². The summed E-state index contributed by atoms with van der Waals surface area (Å²) in [6, 6.07) is 31.4. The SMILES string of the molecule is CCCC(=Nc1ccc(N2CCN(C)CC2)cc1C)c1ccc2nc(-c3cccc(OCCCC(=O)N(CCC)CC(=O)N(CCC)CC(=O)N(CC(=N)CNCCCNC(=O)CCCOc4c(C(C)(C)C)cc(-c5nc6ccc(N7CCN(C)CC7)cc6[nH]5)cc4C(C)(C)C)CC(N)=O)c3)[nH]c2c1. The van der Waals surface area contributed by atoms with E-state index in [0.29, 0.717) is 69.9 Å². The van der Waals surface area contributed by atoms with Crippen LogP contribution in [0.15, 0.2) is 96.0 Å². The molecule has 0 spiro atoms. The van der Waals surface area contributed by atoms with Crippen LogP contribution in [0.2, 0.25) is 0 Å². The second-order valence-corrected chi connectivity index (χ2v) is 30.1. The van der Waals surface area contributed by atoms with Crippen molar-refractivity contribution in [1.29, 1.82) is 5.41 Å². The summed E-state index contributed by atoms with van der Waals surface area (Å²) in [7, 11) is 4.34. The van der Waals surface area contributed by atoms with Crippen LogP contribution >= 0.6 is 0 Å². The number of carbonyl (C=O) groups excluding carboxylic acids is 5. The number of aryl methyl sites for hydroxylation is 1. The number of hydrogen-bond donors (Lipinski definition) is 6. The third-order valence-electron chi connectivity index (χ3n) is 19.2. The van der Waals surface area contributed by atoms with Gasteiger partial charge in [-0.1, -0.05) is 86.9 Å². The van der Waals surface area contributed by atoms with Crippen molar-refractivity contribution in [3.05, 3.63) is 113 Å². The first-order valence-electron chi connectivity index (χ1n) is 37.5. The lowest BCUT2D eigenvalue weighted by Crippen LogP contribution is -2.50. The summed E-state index contributed by atoms with van der Waals surface area (Å²) in [6.45, 7) is 30.5. The molecule has 560 valence electrons. The molecule has 2 aliphatic rings. The Bertz CT molecular complexity index is 4080. The fourth-order valence-electron chi connectivity index (χ4n) is 13.3. The molecule has 0 bridgehead atoms. The second kappa shape index (κ2) is 37.0. The lowest BCUT2D eigenvalue weighted by molar-refractivity contribution is -0.144. The van der Waals surface area contributed by atoms with Gasteiger partial charge in [0.1, 0.15) is 23.1 Å². The average Bonchev–Trinajstić information content (AvgIpc) is 1.22. The predicted molar refractivity (Wildman–Crippen MR) is 419 cm³/mol. The van der Waals surface area contributed by atoms with Crippen molar-refractivity contribution < 1.29 is 33.4 Å². The van der Waals surface area contributed by atoms with Crippen LogP contribution in [-0.2, 0) is 34.8 Å². The largest absolute Gasteiger partial charge is 0.494 e. The number of H-pyrrole nitrogens is 2. The Balaban J connectivity index is 0.690. The van der Waals surface area contributed by atoms with Crippen molar-refractivity contribution in [2.24, 2.45) is 10.7 Å². The molecule has 7 aromatic rings. The zero-order valence-corrected chi connectivity index (χ0v) is 63.9. The topological polar surface area (TPSA) is 270 Å². The van der Waals surface area contributed by atoms with Crippen LogP contribution < -0.4 is 35.6 Å². The summed E-state index contributed by atoms with van der Waals surface area (Å²) in [4.78, 5) is 103. The Labute approximate surface area is 615 Å². The minimum atomic E-state index is -0.753. The maximum atomic E-state index is 14.0. The van der Waals surface area contributed by atoms with Crippen LogP contribution in [0.25, 0.3) is 44.8 Å². The van der Waals surface area contributed by atoms with E-state index >= 15 is 0 Å². The van der Waals surface area contributed by atoms with Crippen molar-refractivity contribution in [1.82, 2.24) is 55.1 Å². The molecule has 2 saturated heterocycles. The van der Waals surface area contributed by atoms with E-state index in [-0.39, 0.29) is 80.5 Å². The highest BCUT2D eigenvalue weighted by Gasteiger charge is 2.31. The number of aromatic amines is 2.